The zero-order chi connectivity index (χ0) is 15.2. The molecule has 1 aromatic heterocycles. The van der Waals surface area contributed by atoms with Gasteiger partial charge < -0.3 is 9.64 Å². The van der Waals surface area contributed by atoms with Gasteiger partial charge in [-0.25, -0.2) is 0 Å². The van der Waals surface area contributed by atoms with E-state index in [9.17, 15) is 4.79 Å². The first-order valence-corrected chi connectivity index (χ1v) is 8.40. The lowest BCUT2D eigenvalue weighted by molar-refractivity contribution is -0.137. The van der Waals surface area contributed by atoms with Crippen molar-refractivity contribution >= 4 is 5.91 Å². The predicted molar refractivity (Wildman–Crippen MR) is 83.5 cm³/mol. The average Bonchev–Trinajstić information content (AvgIpc) is 3.08. The van der Waals surface area contributed by atoms with E-state index in [0.29, 0.717) is 25.8 Å². The van der Waals surface area contributed by atoms with E-state index < -0.39 is 0 Å². The molecule has 2 fully saturated rings. The summed E-state index contributed by atoms with van der Waals surface area (Å²) in [5, 5.41) is 4.27. The number of carbonyl (C=O) groups excluding carboxylic acids is 1. The zero-order valence-electron chi connectivity index (χ0n) is 13.2. The number of aryl methyl sites for hydroxylation is 1. The number of nitrogens with zero attached hydrogens (tertiary/aromatic N) is 4. The summed E-state index contributed by atoms with van der Waals surface area (Å²) in [5.41, 5.74) is 0. The fraction of sp³-hybridized carbons (Fsp3) is 0.750. The molecule has 1 unspecified atom stereocenters. The summed E-state index contributed by atoms with van der Waals surface area (Å²) in [6.45, 7) is 5.36. The van der Waals surface area contributed by atoms with Crippen LogP contribution in [0.2, 0.25) is 0 Å². The van der Waals surface area contributed by atoms with Gasteiger partial charge in [-0.1, -0.05) is 6.42 Å². The molecule has 2 aliphatic rings. The van der Waals surface area contributed by atoms with E-state index in [-0.39, 0.29) is 5.91 Å². The lowest BCUT2D eigenvalue weighted by atomic mass is 9.99. The van der Waals surface area contributed by atoms with Crippen molar-refractivity contribution in [1.29, 1.82) is 0 Å². The molecule has 1 atom stereocenters. The quantitative estimate of drug-likeness (QED) is 0.814. The van der Waals surface area contributed by atoms with Gasteiger partial charge in [0.1, 0.15) is 0 Å². The van der Waals surface area contributed by atoms with Gasteiger partial charge in [-0.05, 0) is 31.9 Å². The molecular formula is C16H26N4O2. The SMILES string of the molecule is O=C(CN1CCCCC1CCn1cccn1)N1CCOCC1. The van der Waals surface area contributed by atoms with Gasteiger partial charge in [-0.2, -0.15) is 5.10 Å². The maximum Gasteiger partial charge on any atom is 0.236 e. The number of piperidine rings is 1. The van der Waals surface area contributed by atoms with Gasteiger partial charge in [0.05, 0.1) is 19.8 Å². The number of carbonyl (C=O) groups is 1. The molecule has 22 heavy (non-hydrogen) atoms. The molecule has 2 aliphatic heterocycles. The van der Waals surface area contributed by atoms with E-state index in [1.807, 2.05) is 28.0 Å². The first-order chi connectivity index (χ1) is 10.8. The Labute approximate surface area is 132 Å². The number of amides is 1. The largest absolute Gasteiger partial charge is 0.378 e. The van der Waals surface area contributed by atoms with Crippen LogP contribution in [0.4, 0.5) is 0 Å². The molecule has 0 saturated carbocycles. The summed E-state index contributed by atoms with van der Waals surface area (Å²) in [4.78, 5) is 16.8. The Hall–Kier alpha value is -1.40. The highest BCUT2D eigenvalue weighted by Crippen LogP contribution is 2.20. The first kappa shape index (κ1) is 15.5. The molecule has 3 rings (SSSR count). The fourth-order valence-electron chi connectivity index (χ4n) is 3.40. The second-order valence-corrected chi connectivity index (χ2v) is 6.17. The second-order valence-electron chi connectivity index (χ2n) is 6.17. The Balaban J connectivity index is 1.51. The molecule has 0 aliphatic carbocycles. The highest BCUT2D eigenvalue weighted by atomic mass is 16.5. The number of likely N-dealkylation sites (tertiary alicyclic amines) is 1. The van der Waals surface area contributed by atoms with Crippen molar-refractivity contribution in [2.75, 3.05) is 39.4 Å². The Morgan fingerprint density at radius 2 is 2.09 bits per heavy atom. The normalized spacial score (nSPS) is 23.6. The molecule has 6 heteroatoms. The van der Waals surface area contributed by atoms with Crippen molar-refractivity contribution in [2.45, 2.75) is 38.3 Å². The smallest absolute Gasteiger partial charge is 0.236 e. The minimum absolute atomic E-state index is 0.259. The number of hydrogen-bond donors (Lipinski definition) is 0. The monoisotopic (exact) mass is 306 g/mol. The fourth-order valence-corrected chi connectivity index (χ4v) is 3.40. The molecule has 3 heterocycles. The van der Waals surface area contributed by atoms with Crippen LogP contribution in [0, 0.1) is 0 Å². The van der Waals surface area contributed by atoms with Crippen molar-refractivity contribution in [3.8, 4) is 0 Å². The van der Waals surface area contributed by atoms with Crippen LogP contribution in [0.5, 0.6) is 0 Å². The number of aromatic nitrogens is 2. The van der Waals surface area contributed by atoms with Crippen molar-refractivity contribution in [3.05, 3.63) is 18.5 Å². The van der Waals surface area contributed by atoms with Crippen LogP contribution in [0.25, 0.3) is 0 Å². The highest BCUT2D eigenvalue weighted by molar-refractivity contribution is 5.78. The third kappa shape index (κ3) is 4.08. The van der Waals surface area contributed by atoms with Crippen LogP contribution in [-0.2, 0) is 16.1 Å². The van der Waals surface area contributed by atoms with Gasteiger partial charge in [0.15, 0.2) is 0 Å². The van der Waals surface area contributed by atoms with Crippen LogP contribution < -0.4 is 0 Å². The Morgan fingerprint density at radius 3 is 2.86 bits per heavy atom. The molecular weight excluding hydrogens is 280 g/mol. The predicted octanol–water partition coefficient (Wildman–Crippen LogP) is 0.987. The van der Waals surface area contributed by atoms with E-state index in [0.717, 1.165) is 32.6 Å². The maximum atomic E-state index is 12.5. The lowest BCUT2D eigenvalue weighted by Gasteiger charge is -2.37. The number of rotatable bonds is 5. The summed E-state index contributed by atoms with van der Waals surface area (Å²) in [7, 11) is 0. The third-order valence-corrected chi connectivity index (χ3v) is 4.70. The molecule has 0 aromatic carbocycles. The van der Waals surface area contributed by atoms with Gasteiger partial charge in [-0.15, -0.1) is 0 Å². The third-order valence-electron chi connectivity index (χ3n) is 4.70. The molecule has 122 valence electrons. The van der Waals surface area contributed by atoms with E-state index in [4.69, 9.17) is 4.74 Å². The number of ether oxygens (including phenoxy) is 1. The highest BCUT2D eigenvalue weighted by Gasteiger charge is 2.26. The van der Waals surface area contributed by atoms with Crippen LogP contribution in [0.15, 0.2) is 18.5 Å². The van der Waals surface area contributed by atoms with Crippen molar-refractivity contribution in [3.63, 3.8) is 0 Å². The molecule has 0 spiro atoms. The van der Waals surface area contributed by atoms with E-state index >= 15 is 0 Å². The Kier molecular flexibility index (Phi) is 5.45. The van der Waals surface area contributed by atoms with Crippen LogP contribution >= 0.6 is 0 Å². The van der Waals surface area contributed by atoms with Gasteiger partial charge in [0.2, 0.25) is 5.91 Å². The molecule has 1 aromatic rings. The standard InChI is InChI=1S/C16H26N4O2/c21-16(18-10-12-22-13-11-18)14-19-7-2-1-4-15(19)5-9-20-8-3-6-17-20/h3,6,8,15H,1-2,4-5,7,9-14H2. The summed E-state index contributed by atoms with van der Waals surface area (Å²) < 4.78 is 7.31. The Morgan fingerprint density at radius 1 is 1.23 bits per heavy atom. The number of morpholine rings is 1. The first-order valence-electron chi connectivity index (χ1n) is 8.40. The second kappa shape index (κ2) is 7.74. The van der Waals surface area contributed by atoms with Gasteiger partial charge in [0.25, 0.3) is 0 Å². The molecule has 1 amide bonds. The minimum atomic E-state index is 0.259. The average molecular weight is 306 g/mol. The minimum Gasteiger partial charge on any atom is -0.378 e. The van der Waals surface area contributed by atoms with Crippen LogP contribution in [-0.4, -0.2) is 70.9 Å². The van der Waals surface area contributed by atoms with Crippen molar-refractivity contribution < 1.29 is 9.53 Å². The summed E-state index contributed by atoms with van der Waals surface area (Å²) in [6, 6.07) is 2.46. The molecule has 0 radical (unpaired) electrons. The molecule has 6 nitrogen and oxygen atoms in total. The lowest BCUT2D eigenvalue weighted by Crippen LogP contribution is -2.49. The number of hydrogen-bond acceptors (Lipinski definition) is 4. The Bertz CT molecular complexity index is 457. The van der Waals surface area contributed by atoms with Gasteiger partial charge in [-0.3, -0.25) is 14.4 Å². The van der Waals surface area contributed by atoms with E-state index in [1.165, 1.54) is 19.3 Å². The summed E-state index contributed by atoms with van der Waals surface area (Å²) >= 11 is 0. The molecule has 0 bridgehead atoms. The van der Waals surface area contributed by atoms with Crippen molar-refractivity contribution in [2.24, 2.45) is 0 Å². The van der Waals surface area contributed by atoms with Crippen LogP contribution in [0.1, 0.15) is 25.7 Å². The van der Waals surface area contributed by atoms with Crippen LogP contribution in [0.3, 0.4) is 0 Å². The maximum absolute atomic E-state index is 12.5. The molecule has 0 N–H and O–H groups in total. The topological polar surface area (TPSA) is 50.6 Å². The summed E-state index contributed by atoms with van der Waals surface area (Å²) in [6.07, 6.45) is 8.56. The summed E-state index contributed by atoms with van der Waals surface area (Å²) in [5.74, 6) is 0.259. The zero-order valence-corrected chi connectivity index (χ0v) is 13.2. The molecule has 2 saturated heterocycles. The van der Waals surface area contributed by atoms with Gasteiger partial charge >= 0.3 is 0 Å². The van der Waals surface area contributed by atoms with Crippen molar-refractivity contribution in [1.82, 2.24) is 19.6 Å². The van der Waals surface area contributed by atoms with E-state index in [2.05, 4.69) is 10.00 Å². The van der Waals surface area contributed by atoms with Gasteiger partial charge in [0, 0.05) is 38.1 Å². The van der Waals surface area contributed by atoms with E-state index in [1.54, 1.807) is 0 Å².